The van der Waals surface area contributed by atoms with Crippen molar-refractivity contribution in [2.24, 2.45) is 0 Å². The number of benzene rings is 1. The van der Waals surface area contributed by atoms with Crippen molar-refractivity contribution in [1.82, 2.24) is 4.72 Å². The molecule has 0 amide bonds. The maximum atomic E-state index is 12.0. The molecular formula is C12H17NO2S3. The summed E-state index contributed by atoms with van der Waals surface area (Å²) < 4.78 is 26.6. The van der Waals surface area contributed by atoms with Crippen molar-refractivity contribution in [3.63, 3.8) is 0 Å². The summed E-state index contributed by atoms with van der Waals surface area (Å²) in [6.45, 7) is 4.67. The highest BCUT2D eigenvalue weighted by Gasteiger charge is 2.41. The van der Waals surface area contributed by atoms with Crippen LogP contribution in [0.25, 0.3) is 0 Å². The molecule has 0 saturated heterocycles. The van der Waals surface area contributed by atoms with Crippen molar-refractivity contribution >= 4 is 33.5 Å². The topological polar surface area (TPSA) is 46.2 Å². The van der Waals surface area contributed by atoms with Crippen molar-refractivity contribution < 1.29 is 8.42 Å². The highest BCUT2D eigenvalue weighted by molar-refractivity contribution is 8.17. The molecule has 0 fully saturated rings. The number of fused-ring (bicyclic) bond motifs is 1. The van der Waals surface area contributed by atoms with Crippen LogP contribution in [0.5, 0.6) is 0 Å². The quantitative estimate of drug-likeness (QED) is 0.869. The fraction of sp³-hybridized carbons (Fsp3) is 0.500. The third kappa shape index (κ3) is 2.43. The lowest BCUT2D eigenvalue weighted by Crippen LogP contribution is -2.43. The zero-order valence-electron chi connectivity index (χ0n) is 10.5. The van der Waals surface area contributed by atoms with E-state index in [9.17, 15) is 8.42 Å². The first-order chi connectivity index (χ1) is 8.56. The summed E-state index contributed by atoms with van der Waals surface area (Å²) >= 11 is 3.61. The van der Waals surface area contributed by atoms with Gasteiger partial charge in [0.05, 0.1) is 4.90 Å². The van der Waals surface area contributed by atoms with Gasteiger partial charge in [0, 0.05) is 6.54 Å². The minimum atomic E-state index is -3.33. The van der Waals surface area contributed by atoms with E-state index in [1.54, 1.807) is 35.7 Å². The molecule has 1 aliphatic heterocycles. The molecule has 0 radical (unpaired) electrons. The summed E-state index contributed by atoms with van der Waals surface area (Å²) in [6.07, 6.45) is 0. The molecule has 1 heterocycles. The maximum Gasteiger partial charge on any atom is 0.241 e. The van der Waals surface area contributed by atoms with Crippen LogP contribution >= 0.6 is 23.5 Å². The van der Waals surface area contributed by atoms with Crippen molar-refractivity contribution in [3.8, 4) is 0 Å². The van der Waals surface area contributed by atoms with Crippen LogP contribution in [-0.4, -0.2) is 26.5 Å². The smallest absolute Gasteiger partial charge is 0.209 e. The first kappa shape index (κ1) is 14.2. The van der Waals surface area contributed by atoms with Gasteiger partial charge < -0.3 is 0 Å². The molecule has 0 atom stereocenters. The number of nitrogens with one attached hydrogen (secondary N) is 1. The standard InChI is InChI=1S/C12H17NO2S3/c1-3-16-12(17-4-2)9-13-18(14,15)11-8-6-5-7-10(11)12/h5-8,13H,3-4,9H2,1-2H3. The largest absolute Gasteiger partial charge is 0.241 e. The molecule has 100 valence electrons. The van der Waals surface area contributed by atoms with Crippen LogP contribution in [0.4, 0.5) is 0 Å². The van der Waals surface area contributed by atoms with Gasteiger partial charge in [-0.3, -0.25) is 0 Å². The predicted molar refractivity (Wildman–Crippen MR) is 79.6 cm³/mol. The molecule has 18 heavy (non-hydrogen) atoms. The monoisotopic (exact) mass is 303 g/mol. The Morgan fingerprint density at radius 2 is 1.83 bits per heavy atom. The van der Waals surface area contributed by atoms with Gasteiger partial charge in [-0.25, -0.2) is 13.1 Å². The average molecular weight is 303 g/mol. The van der Waals surface area contributed by atoms with Gasteiger partial charge in [0.15, 0.2) is 0 Å². The number of thioether (sulfide) groups is 2. The number of hydrogen-bond acceptors (Lipinski definition) is 4. The van der Waals surface area contributed by atoms with E-state index in [4.69, 9.17) is 0 Å². The van der Waals surface area contributed by atoms with E-state index < -0.39 is 10.0 Å². The summed E-state index contributed by atoms with van der Waals surface area (Å²) in [6, 6.07) is 7.33. The Hall–Kier alpha value is -0.170. The second kappa shape index (κ2) is 5.45. The molecule has 0 unspecified atom stereocenters. The lowest BCUT2D eigenvalue weighted by molar-refractivity contribution is 0.568. The van der Waals surface area contributed by atoms with Crippen molar-refractivity contribution in [2.75, 3.05) is 18.1 Å². The molecule has 1 N–H and O–H groups in total. The molecule has 0 spiro atoms. The Morgan fingerprint density at radius 1 is 1.22 bits per heavy atom. The van der Waals surface area contributed by atoms with Crippen molar-refractivity contribution in [2.45, 2.75) is 22.8 Å². The molecule has 0 aromatic heterocycles. The van der Waals surface area contributed by atoms with Crippen molar-refractivity contribution in [1.29, 1.82) is 0 Å². The fourth-order valence-corrected chi connectivity index (χ4v) is 6.80. The van der Waals surface area contributed by atoms with Crippen molar-refractivity contribution in [3.05, 3.63) is 29.8 Å². The third-order valence-electron chi connectivity index (χ3n) is 2.84. The number of hydrogen-bond donors (Lipinski definition) is 1. The molecule has 2 rings (SSSR count). The van der Waals surface area contributed by atoms with Crippen LogP contribution in [0, 0.1) is 0 Å². The highest BCUT2D eigenvalue weighted by Crippen LogP contribution is 2.50. The maximum absolute atomic E-state index is 12.0. The molecule has 1 aliphatic rings. The Bertz CT molecular complexity index is 522. The van der Waals surface area contributed by atoms with Crippen LogP contribution in [0.2, 0.25) is 0 Å². The van der Waals surface area contributed by atoms with Gasteiger partial charge in [-0.2, -0.15) is 0 Å². The summed E-state index contributed by atoms with van der Waals surface area (Å²) in [4.78, 5) is 0.429. The first-order valence-electron chi connectivity index (χ1n) is 5.93. The van der Waals surface area contributed by atoms with Crippen LogP contribution in [-0.2, 0) is 14.1 Å². The molecule has 6 heteroatoms. The van der Waals surface area contributed by atoms with E-state index in [-0.39, 0.29) is 4.08 Å². The van der Waals surface area contributed by atoms with Crippen LogP contribution < -0.4 is 4.72 Å². The zero-order chi connectivity index (χ0) is 13.2. The van der Waals surface area contributed by atoms with E-state index in [1.807, 2.05) is 12.1 Å². The Labute approximate surface area is 117 Å². The molecule has 1 aromatic rings. The third-order valence-corrected chi connectivity index (χ3v) is 7.24. The van der Waals surface area contributed by atoms with E-state index in [0.717, 1.165) is 17.1 Å². The van der Waals surface area contributed by atoms with E-state index in [2.05, 4.69) is 18.6 Å². The minimum absolute atomic E-state index is 0.189. The zero-order valence-corrected chi connectivity index (χ0v) is 12.9. The average Bonchev–Trinajstić information content (AvgIpc) is 2.36. The Morgan fingerprint density at radius 3 is 2.44 bits per heavy atom. The lowest BCUT2D eigenvalue weighted by atomic mass is 10.1. The molecule has 0 saturated carbocycles. The summed E-state index contributed by atoms with van der Waals surface area (Å²) in [7, 11) is -3.33. The molecule has 1 aromatic carbocycles. The fourth-order valence-electron chi connectivity index (χ4n) is 2.14. The van der Waals surface area contributed by atoms with Gasteiger partial charge in [-0.05, 0) is 23.1 Å². The summed E-state index contributed by atoms with van der Waals surface area (Å²) in [5.41, 5.74) is 0.933. The van der Waals surface area contributed by atoms with E-state index in [1.165, 1.54) is 0 Å². The summed E-state index contributed by atoms with van der Waals surface area (Å²) in [5, 5.41) is 0. The molecule has 0 aliphatic carbocycles. The Kier molecular flexibility index (Phi) is 4.31. The lowest BCUT2D eigenvalue weighted by Gasteiger charge is -2.37. The molecule has 0 bridgehead atoms. The van der Waals surface area contributed by atoms with E-state index in [0.29, 0.717) is 11.4 Å². The van der Waals surface area contributed by atoms with Gasteiger partial charge >= 0.3 is 0 Å². The van der Waals surface area contributed by atoms with Gasteiger partial charge in [0.1, 0.15) is 4.08 Å². The van der Waals surface area contributed by atoms with Gasteiger partial charge in [0.25, 0.3) is 0 Å². The van der Waals surface area contributed by atoms with Crippen LogP contribution in [0.3, 0.4) is 0 Å². The second-order valence-corrected chi connectivity index (χ2v) is 9.06. The van der Waals surface area contributed by atoms with Crippen LogP contribution in [0.15, 0.2) is 29.2 Å². The second-order valence-electron chi connectivity index (χ2n) is 3.94. The Balaban J connectivity index is 2.58. The highest BCUT2D eigenvalue weighted by atomic mass is 32.2. The van der Waals surface area contributed by atoms with Gasteiger partial charge in [-0.15, -0.1) is 23.5 Å². The van der Waals surface area contributed by atoms with Crippen LogP contribution in [0.1, 0.15) is 19.4 Å². The molecule has 3 nitrogen and oxygen atoms in total. The van der Waals surface area contributed by atoms with E-state index >= 15 is 0 Å². The number of rotatable bonds is 4. The van der Waals surface area contributed by atoms with Gasteiger partial charge in [-0.1, -0.05) is 32.0 Å². The summed E-state index contributed by atoms with van der Waals surface area (Å²) in [5.74, 6) is 1.92. The minimum Gasteiger partial charge on any atom is -0.209 e. The number of sulfonamides is 1. The normalized spacial score (nSPS) is 20.3. The van der Waals surface area contributed by atoms with Gasteiger partial charge in [0.2, 0.25) is 10.0 Å². The molecular weight excluding hydrogens is 286 g/mol. The predicted octanol–water partition coefficient (Wildman–Crippen LogP) is 2.64. The first-order valence-corrected chi connectivity index (χ1v) is 9.38. The SMILES string of the molecule is CCSC1(SCC)CNS(=O)(=O)c2ccccc21.